The number of hydrogen-bond acceptors (Lipinski definition) is 4. The molecule has 0 radical (unpaired) electrons. The van der Waals surface area contributed by atoms with Crippen molar-refractivity contribution in [3.8, 4) is 0 Å². The van der Waals surface area contributed by atoms with Crippen LogP contribution in [0.15, 0.2) is 24.3 Å². The lowest BCUT2D eigenvalue weighted by Crippen LogP contribution is -2.41. The molecular formula is C12H18N2O2. The van der Waals surface area contributed by atoms with E-state index in [0.29, 0.717) is 13.2 Å². The molecule has 2 atom stereocenters. The maximum Gasteiger partial charge on any atom is 0.0974 e. The maximum atomic E-state index is 9.75. The van der Waals surface area contributed by atoms with E-state index in [-0.39, 0.29) is 6.04 Å². The number of rotatable bonds is 3. The molecule has 0 amide bonds. The van der Waals surface area contributed by atoms with Crippen LogP contribution in [0.3, 0.4) is 0 Å². The van der Waals surface area contributed by atoms with Crippen molar-refractivity contribution in [3.63, 3.8) is 0 Å². The molecule has 0 aliphatic carbocycles. The molecule has 3 N–H and O–H groups in total. The van der Waals surface area contributed by atoms with Crippen molar-refractivity contribution in [2.75, 3.05) is 30.9 Å². The van der Waals surface area contributed by atoms with Crippen molar-refractivity contribution in [2.45, 2.75) is 18.6 Å². The van der Waals surface area contributed by atoms with Gasteiger partial charge in [-0.1, -0.05) is 6.07 Å². The number of benzene rings is 1. The summed E-state index contributed by atoms with van der Waals surface area (Å²) in [5.74, 6) is 0. The van der Waals surface area contributed by atoms with Crippen LogP contribution >= 0.6 is 0 Å². The van der Waals surface area contributed by atoms with E-state index >= 15 is 0 Å². The molecule has 1 aliphatic heterocycles. The Morgan fingerprint density at radius 3 is 2.94 bits per heavy atom. The van der Waals surface area contributed by atoms with Gasteiger partial charge in [0.25, 0.3) is 0 Å². The van der Waals surface area contributed by atoms with Crippen molar-refractivity contribution in [1.82, 2.24) is 0 Å². The Labute approximate surface area is 95.6 Å². The Hall–Kier alpha value is -1.26. The monoisotopic (exact) mass is 222 g/mol. The average Bonchev–Trinajstić information content (AvgIpc) is 2.32. The standard InChI is InChI=1S/C12H18N2O2/c1-13-9-3-2-4-10(7-9)14-11-5-6-16-8-12(11)15/h2-4,7,11-15H,5-6,8H2,1H3. The fourth-order valence-electron chi connectivity index (χ4n) is 1.87. The molecule has 0 spiro atoms. The summed E-state index contributed by atoms with van der Waals surface area (Å²) in [5.41, 5.74) is 2.09. The third kappa shape index (κ3) is 2.65. The lowest BCUT2D eigenvalue weighted by atomic mass is 10.1. The molecule has 4 heteroatoms. The number of anilines is 2. The highest BCUT2D eigenvalue weighted by Gasteiger charge is 2.23. The Bertz CT molecular complexity index is 344. The zero-order valence-electron chi connectivity index (χ0n) is 9.44. The summed E-state index contributed by atoms with van der Waals surface area (Å²) in [6.45, 7) is 1.13. The van der Waals surface area contributed by atoms with Crippen LogP contribution in [-0.2, 0) is 4.74 Å². The van der Waals surface area contributed by atoms with Crippen molar-refractivity contribution in [3.05, 3.63) is 24.3 Å². The van der Waals surface area contributed by atoms with E-state index in [0.717, 1.165) is 17.8 Å². The molecule has 2 unspecified atom stereocenters. The van der Waals surface area contributed by atoms with E-state index in [1.807, 2.05) is 31.3 Å². The number of hydrogen-bond donors (Lipinski definition) is 3. The van der Waals surface area contributed by atoms with Crippen LogP contribution in [0.5, 0.6) is 0 Å². The first-order valence-electron chi connectivity index (χ1n) is 5.60. The van der Waals surface area contributed by atoms with Gasteiger partial charge in [0.15, 0.2) is 0 Å². The molecule has 1 fully saturated rings. The molecule has 0 bridgehead atoms. The van der Waals surface area contributed by atoms with Gasteiger partial charge in [0.2, 0.25) is 0 Å². The van der Waals surface area contributed by atoms with Gasteiger partial charge in [-0.2, -0.15) is 0 Å². The van der Waals surface area contributed by atoms with Gasteiger partial charge >= 0.3 is 0 Å². The van der Waals surface area contributed by atoms with Crippen molar-refractivity contribution >= 4 is 11.4 Å². The molecule has 1 aromatic rings. The zero-order chi connectivity index (χ0) is 11.4. The highest BCUT2D eigenvalue weighted by molar-refractivity contribution is 5.56. The molecular weight excluding hydrogens is 204 g/mol. The predicted octanol–water partition coefficient (Wildman–Crippen LogP) is 1.29. The largest absolute Gasteiger partial charge is 0.389 e. The topological polar surface area (TPSA) is 53.5 Å². The van der Waals surface area contributed by atoms with Gasteiger partial charge in [-0.15, -0.1) is 0 Å². The summed E-state index contributed by atoms with van der Waals surface area (Å²) in [6.07, 6.45) is 0.414. The van der Waals surface area contributed by atoms with Crippen LogP contribution < -0.4 is 10.6 Å². The third-order valence-corrected chi connectivity index (χ3v) is 2.83. The number of aliphatic hydroxyl groups is 1. The highest BCUT2D eigenvalue weighted by Crippen LogP contribution is 2.18. The van der Waals surface area contributed by atoms with Crippen molar-refractivity contribution in [2.24, 2.45) is 0 Å². The summed E-state index contributed by atoms with van der Waals surface area (Å²) in [5, 5.41) is 16.2. The molecule has 0 aromatic heterocycles. The fraction of sp³-hybridized carbons (Fsp3) is 0.500. The molecule has 4 nitrogen and oxygen atoms in total. The SMILES string of the molecule is CNc1cccc(NC2CCOCC2O)c1. The Kier molecular flexibility index (Phi) is 3.64. The van der Waals surface area contributed by atoms with Gasteiger partial charge in [-0.05, 0) is 24.6 Å². The van der Waals surface area contributed by atoms with E-state index in [9.17, 15) is 5.11 Å². The second kappa shape index (κ2) is 5.18. The van der Waals surface area contributed by atoms with Gasteiger partial charge in [-0.3, -0.25) is 0 Å². The van der Waals surface area contributed by atoms with Crippen LogP contribution in [0.25, 0.3) is 0 Å². The first-order valence-corrected chi connectivity index (χ1v) is 5.60. The summed E-state index contributed by atoms with van der Waals surface area (Å²) in [6, 6.07) is 8.11. The van der Waals surface area contributed by atoms with Crippen LogP contribution in [0, 0.1) is 0 Å². The van der Waals surface area contributed by atoms with Gasteiger partial charge in [-0.25, -0.2) is 0 Å². The highest BCUT2D eigenvalue weighted by atomic mass is 16.5. The van der Waals surface area contributed by atoms with Crippen LogP contribution in [0.1, 0.15) is 6.42 Å². The number of aliphatic hydroxyl groups excluding tert-OH is 1. The molecule has 16 heavy (non-hydrogen) atoms. The summed E-state index contributed by atoms with van der Waals surface area (Å²) in [4.78, 5) is 0. The molecule has 1 saturated heterocycles. The van der Waals surface area contributed by atoms with Gasteiger partial charge < -0.3 is 20.5 Å². The average molecular weight is 222 g/mol. The maximum absolute atomic E-state index is 9.75. The number of nitrogens with one attached hydrogen (secondary N) is 2. The van der Waals surface area contributed by atoms with E-state index in [1.54, 1.807) is 0 Å². The first kappa shape index (κ1) is 11.2. The van der Waals surface area contributed by atoms with Crippen molar-refractivity contribution in [1.29, 1.82) is 0 Å². The van der Waals surface area contributed by atoms with Crippen LogP contribution in [-0.4, -0.2) is 37.5 Å². The van der Waals surface area contributed by atoms with Crippen LogP contribution in [0.4, 0.5) is 11.4 Å². The Balaban J connectivity index is 2.01. The summed E-state index contributed by atoms with van der Waals surface area (Å²) in [7, 11) is 1.89. The molecule has 1 heterocycles. The second-order valence-electron chi connectivity index (χ2n) is 4.01. The Morgan fingerprint density at radius 1 is 1.38 bits per heavy atom. The summed E-state index contributed by atoms with van der Waals surface area (Å²) >= 11 is 0. The minimum Gasteiger partial charge on any atom is -0.389 e. The fourth-order valence-corrected chi connectivity index (χ4v) is 1.87. The molecule has 88 valence electrons. The molecule has 0 saturated carbocycles. The van der Waals surface area contributed by atoms with Gasteiger partial charge in [0.05, 0.1) is 18.8 Å². The van der Waals surface area contributed by atoms with E-state index in [2.05, 4.69) is 10.6 Å². The predicted molar refractivity (Wildman–Crippen MR) is 64.8 cm³/mol. The van der Waals surface area contributed by atoms with Crippen molar-refractivity contribution < 1.29 is 9.84 Å². The smallest absolute Gasteiger partial charge is 0.0974 e. The molecule has 1 aromatic carbocycles. The van der Waals surface area contributed by atoms with Crippen LogP contribution in [0.2, 0.25) is 0 Å². The summed E-state index contributed by atoms with van der Waals surface area (Å²) < 4.78 is 5.19. The normalized spacial score (nSPS) is 25.1. The Morgan fingerprint density at radius 2 is 2.19 bits per heavy atom. The molecule has 1 aliphatic rings. The first-order chi connectivity index (χ1) is 7.79. The lowest BCUT2D eigenvalue weighted by Gasteiger charge is -2.29. The second-order valence-corrected chi connectivity index (χ2v) is 4.01. The zero-order valence-corrected chi connectivity index (χ0v) is 9.44. The van der Waals surface area contributed by atoms with E-state index < -0.39 is 6.10 Å². The van der Waals surface area contributed by atoms with E-state index in [1.165, 1.54) is 0 Å². The van der Waals surface area contributed by atoms with Gasteiger partial charge in [0.1, 0.15) is 0 Å². The third-order valence-electron chi connectivity index (χ3n) is 2.83. The minimum absolute atomic E-state index is 0.0841. The quantitative estimate of drug-likeness (QED) is 0.721. The lowest BCUT2D eigenvalue weighted by molar-refractivity contribution is -0.0134. The molecule has 2 rings (SSSR count). The van der Waals surface area contributed by atoms with E-state index in [4.69, 9.17) is 4.74 Å². The minimum atomic E-state index is -0.424. The van der Waals surface area contributed by atoms with Gasteiger partial charge in [0, 0.05) is 25.0 Å². The number of ether oxygens (including phenoxy) is 1.